The quantitative estimate of drug-likeness (QED) is 0.557. The van der Waals surface area contributed by atoms with Gasteiger partial charge >= 0.3 is 0 Å². The maximum absolute atomic E-state index is 13.0. The highest BCUT2D eigenvalue weighted by atomic mass is 79.9. The smallest absolute Gasteiger partial charge is 0.243 e. The average Bonchev–Trinajstić information content (AvgIpc) is 3.17. The van der Waals surface area contributed by atoms with Gasteiger partial charge in [-0.1, -0.05) is 27.2 Å². The second kappa shape index (κ2) is 8.31. The summed E-state index contributed by atoms with van der Waals surface area (Å²) < 4.78 is 46.2. The van der Waals surface area contributed by atoms with Gasteiger partial charge < -0.3 is 4.52 Å². The van der Waals surface area contributed by atoms with Gasteiger partial charge in [0.2, 0.25) is 21.7 Å². The molecule has 4 rings (SSSR count). The van der Waals surface area contributed by atoms with Crippen LogP contribution in [0.5, 0.6) is 0 Å². The molecule has 1 saturated heterocycles. The number of hydrogen-bond donors (Lipinski definition) is 0. The third-order valence-electron chi connectivity index (χ3n) is 4.69. The lowest BCUT2D eigenvalue weighted by atomic mass is 10.2. The molecular formula is C19H18BrFN4O3S. The molecule has 0 atom stereocenters. The van der Waals surface area contributed by atoms with E-state index in [1.165, 1.54) is 16.4 Å². The van der Waals surface area contributed by atoms with Crippen LogP contribution in [0.25, 0.3) is 11.4 Å². The van der Waals surface area contributed by atoms with E-state index < -0.39 is 10.0 Å². The fourth-order valence-corrected chi connectivity index (χ4v) is 5.15. The van der Waals surface area contributed by atoms with Gasteiger partial charge in [-0.15, -0.1) is 0 Å². The summed E-state index contributed by atoms with van der Waals surface area (Å²) in [4.78, 5) is 6.69. The Hall–Kier alpha value is -2.14. The zero-order valence-corrected chi connectivity index (χ0v) is 17.7. The maximum Gasteiger partial charge on any atom is 0.243 e. The number of piperazine rings is 1. The molecule has 1 aliphatic rings. The molecule has 0 amide bonds. The van der Waals surface area contributed by atoms with Crippen LogP contribution in [-0.4, -0.2) is 53.9 Å². The van der Waals surface area contributed by atoms with Gasteiger partial charge in [0.05, 0.1) is 11.4 Å². The van der Waals surface area contributed by atoms with Gasteiger partial charge in [0.25, 0.3) is 0 Å². The molecule has 3 aromatic rings. The monoisotopic (exact) mass is 480 g/mol. The van der Waals surface area contributed by atoms with Crippen LogP contribution in [0.4, 0.5) is 4.39 Å². The second-order valence-corrected chi connectivity index (χ2v) is 9.51. The first-order chi connectivity index (χ1) is 13.9. The van der Waals surface area contributed by atoms with E-state index in [0.29, 0.717) is 50.0 Å². The molecule has 0 unspecified atom stereocenters. The molecule has 2 heterocycles. The molecule has 10 heteroatoms. The zero-order valence-electron chi connectivity index (χ0n) is 15.3. The first-order valence-corrected chi connectivity index (χ1v) is 11.2. The van der Waals surface area contributed by atoms with Crippen LogP contribution in [0, 0.1) is 5.82 Å². The lowest BCUT2D eigenvalue weighted by Gasteiger charge is -2.33. The Labute approximate surface area is 176 Å². The summed E-state index contributed by atoms with van der Waals surface area (Å²) >= 11 is 3.31. The van der Waals surface area contributed by atoms with E-state index in [1.54, 1.807) is 36.4 Å². The van der Waals surface area contributed by atoms with Crippen molar-refractivity contribution in [2.24, 2.45) is 0 Å². The molecule has 0 N–H and O–H groups in total. The minimum Gasteiger partial charge on any atom is -0.338 e. The summed E-state index contributed by atoms with van der Waals surface area (Å²) in [5.41, 5.74) is 0.673. The molecule has 0 bridgehead atoms. The van der Waals surface area contributed by atoms with Gasteiger partial charge in [-0.25, -0.2) is 12.8 Å². The van der Waals surface area contributed by atoms with E-state index in [2.05, 4.69) is 31.0 Å². The van der Waals surface area contributed by atoms with Crippen LogP contribution in [-0.2, 0) is 16.6 Å². The molecular weight excluding hydrogens is 463 g/mol. The van der Waals surface area contributed by atoms with Crippen LogP contribution in [0.2, 0.25) is 0 Å². The van der Waals surface area contributed by atoms with Gasteiger partial charge in [0.1, 0.15) is 5.82 Å². The number of hydrogen-bond acceptors (Lipinski definition) is 6. The molecule has 0 saturated carbocycles. The molecule has 152 valence electrons. The summed E-state index contributed by atoms with van der Waals surface area (Å²) in [5.74, 6) is 0.511. The number of rotatable bonds is 5. The second-order valence-electron chi connectivity index (χ2n) is 6.66. The van der Waals surface area contributed by atoms with E-state index in [-0.39, 0.29) is 10.7 Å². The minimum atomic E-state index is -3.52. The number of halogens is 2. The van der Waals surface area contributed by atoms with Crippen molar-refractivity contribution in [2.45, 2.75) is 11.4 Å². The van der Waals surface area contributed by atoms with E-state index in [9.17, 15) is 12.8 Å². The topological polar surface area (TPSA) is 79.5 Å². The molecule has 0 radical (unpaired) electrons. The van der Waals surface area contributed by atoms with Crippen molar-refractivity contribution in [2.75, 3.05) is 26.2 Å². The third-order valence-corrected chi connectivity index (χ3v) is 7.08. The Bertz CT molecular complexity index is 1100. The van der Waals surface area contributed by atoms with Crippen LogP contribution < -0.4 is 0 Å². The summed E-state index contributed by atoms with van der Waals surface area (Å²) in [7, 11) is -3.52. The van der Waals surface area contributed by atoms with Crippen molar-refractivity contribution in [3.05, 3.63) is 64.7 Å². The predicted molar refractivity (Wildman–Crippen MR) is 108 cm³/mol. The lowest BCUT2D eigenvalue weighted by Crippen LogP contribution is -2.48. The van der Waals surface area contributed by atoms with Crippen LogP contribution in [0.3, 0.4) is 0 Å². The van der Waals surface area contributed by atoms with Crippen molar-refractivity contribution >= 4 is 26.0 Å². The fraction of sp³-hybridized carbons (Fsp3) is 0.263. The Kier molecular flexibility index (Phi) is 5.77. The van der Waals surface area contributed by atoms with E-state index in [0.717, 1.165) is 4.47 Å². The maximum atomic E-state index is 13.0. The first-order valence-electron chi connectivity index (χ1n) is 8.98. The van der Waals surface area contributed by atoms with Crippen LogP contribution in [0.1, 0.15) is 5.89 Å². The fourth-order valence-electron chi connectivity index (χ4n) is 3.13. The van der Waals surface area contributed by atoms with Crippen molar-refractivity contribution in [1.82, 2.24) is 19.3 Å². The van der Waals surface area contributed by atoms with Crippen molar-refractivity contribution in [3.63, 3.8) is 0 Å². The summed E-state index contributed by atoms with van der Waals surface area (Å²) in [6.07, 6.45) is 0. The lowest BCUT2D eigenvalue weighted by molar-refractivity contribution is 0.163. The molecule has 29 heavy (non-hydrogen) atoms. The molecule has 1 fully saturated rings. The van der Waals surface area contributed by atoms with Gasteiger partial charge in [-0.3, -0.25) is 4.90 Å². The van der Waals surface area contributed by atoms with Gasteiger partial charge in [0.15, 0.2) is 0 Å². The van der Waals surface area contributed by atoms with Gasteiger partial charge in [0, 0.05) is 36.2 Å². The number of nitrogens with zero attached hydrogens (tertiary/aromatic N) is 4. The standard InChI is InChI=1S/C19H18BrFN4O3S/c20-15-2-1-3-17(12-15)29(26,27)25-10-8-24(9-11-25)13-18-22-19(23-28-18)14-4-6-16(21)7-5-14/h1-7,12H,8-11,13H2. The Morgan fingerprint density at radius 1 is 1.07 bits per heavy atom. The average molecular weight is 481 g/mol. The largest absolute Gasteiger partial charge is 0.338 e. The molecule has 7 nitrogen and oxygen atoms in total. The third kappa shape index (κ3) is 4.55. The Balaban J connectivity index is 1.37. The summed E-state index contributed by atoms with van der Waals surface area (Å²) in [6, 6.07) is 12.6. The SMILES string of the molecule is O=S(=O)(c1cccc(Br)c1)N1CCN(Cc2nc(-c3ccc(F)cc3)no2)CC1. The van der Waals surface area contributed by atoms with Crippen molar-refractivity contribution in [1.29, 1.82) is 0 Å². The van der Waals surface area contributed by atoms with E-state index in [4.69, 9.17) is 4.52 Å². The Morgan fingerprint density at radius 2 is 1.79 bits per heavy atom. The van der Waals surface area contributed by atoms with Crippen LogP contribution >= 0.6 is 15.9 Å². The Morgan fingerprint density at radius 3 is 2.48 bits per heavy atom. The molecule has 0 spiro atoms. The number of benzene rings is 2. The zero-order chi connectivity index (χ0) is 20.4. The molecule has 2 aromatic carbocycles. The highest BCUT2D eigenvalue weighted by molar-refractivity contribution is 9.10. The molecule has 1 aliphatic heterocycles. The van der Waals surface area contributed by atoms with Crippen molar-refractivity contribution < 1.29 is 17.3 Å². The van der Waals surface area contributed by atoms with Gasteiger partial charge in [-0.05, 0) is 42.5 Å². The van der Waals surface area contributed by atoms with E-state index >= 15 is 0 Å². The van der Waals surface area contributed by atoms with Crippen molar-refractivity contribution in [3.8, 4) is 11.4 Å². The first kappa shape index (κ1) is 20.1. The number of sulfonamides is 1. The highest BCUT2D eigenvalue weighted by Crippen LogP contribution is 2.22. The van der Waals surface area contributed by atoms with Gasteiger partial charge in [-0.2, -0.15) is 9.29 Å². The van der Waals surface area contributed by atoms with E-state index in [1.807, 2.05) is 0 Å². The minimum absolute atomic E-state index is 0.279. The predicted octanol–water partition coefficient (Wildman–Crippen LogP) is 3.14. The van der Waals surface area contributed by atoms with Crippen LogP contribution in [0.15, 0.2) is 62.4 Å². The summed E-state index contributed by atoms with van der Waals surface area (Å²) in [6.45, 7) is 2.31. The number of aromatic nitrogens is 2. The normalized spacial score (nSPS) is 16.2. The highest BCUT2D eigenvalue weighted by Gasteiger charge is 2.29. The summed E-state index contributed by atoms with van der Waals surface area (Å²) in [5, 5.41) is 3.94. The molecule has 1 aromatic heterocycles. The molecule has 0 aliphatic carbocycles.